The number of carbonyl (C=O) groups excluding carboxylic acids is 1. The lowest BCUT2D eigenvalue weighted by Crippen LogP contribution is -2.27. The molecule has 2 heterocycles. The maximum Gasteiger partial charge on any atom is 0.270 e. The van der Waals surface area contributed by atoms with E-state index in [2.05, 4.69) is 4.57 Å². The highest BCUT2D eigenvalue weighted by atomic mass is 35.5. The molecule has 1 aliphatic rings. The van der Waals surface area contributed by atoms with Crippen LogP contribution < -0.4 is 4.90 Å². The van der Waals surface area contributed by atoms with Crippen LogP contribution in [0.4, 0.5) is 10.1 Å². The van der Waals surface area contributed by atoms with E-state index < -0.39 is 0 Å². The zero-order valence-electron chi connectivity index (χ0n) is 17.0. The monoisotopic (exact) mass is 512 g/mol. The molecule has 1 amide bonds. The van der Waals surface area contributed by atoms with Crippen LogP contribution >= 0.6 is 47.2 Å². The molecule has 3 aromatic carbocycles. The number of hydrogen-bond acceptors (Lipinski definition) is 3. The van der Waals surface area contributed by atoms with E-state index in [0.717, 1.165) is 22.0 Å². The predicted molar refractivity (Wildman–Crippen MR) is 140 cm³/mol. The lowest BCUT2D eigenvalue weighted by Gasteiger charge is -2.14. The average Bonchev–Trinajstić information content (AvgIpc) is 3.28. The molecule has 1 saturated heterocycles. The van der Waals surface area contributed by atoms with Crippen molar-refractivity contribution >= 4 is 80.1 Å². The largest absolute Gasteiger partial charge is 0.342 e. The van der Waals surface area contributed by atoms with Crippen LogP contribution in [-0.2, 0) is 11.3 Å². The second-order valence-corrected chi connectivity index (χ2v) is 9.91. The van der Waals surface area contributed by atoms with E-state index in [0.29, 0.717) is 31.5 Å². The minimum atomic E-state index is -0.369. The Bertz CT molecular complexity index is 1430. The van der Waals surface area contributed by atoms with Crippen molar-refractivity contribution in [2.45, 2.75) is 6.54 Å². The van der Waals surface area contributed by atoms with Crippen LogP contribution in [0.1, 0.15) is 11.1 Å². The Labute approximate surface area is 209 Å². The van der Waals surface area contributed by atoms with Crippen molar-refractivity contribution in [3.05, 3.63) is 105 Å². The molecule has 0 bridgehead atoms. The summed E-state index contributed by atoms with van der Waals surface area (Å²) < 4.78 is 15.8. The van der Waals surface area contributed by atoms with E-state index in [9.17, 15) is 9.18 Å². The van der Waals surface area contributed by atoms with Gasteiger partial charge in [0.05, 0.1) is 17.1 Å². The summed E-state index contributed by atoms with van der Waals surface area (Å²) in [7, 11) is 0. The van der Waals surface area contributed by atoms with Crippen molar-refractivity contribution in [1.82, 2.24) is 4.57 Å². The van der Waals surface area contributed by atoms with Gasteiger partial charge < -0.3 is 4.57 Å². The van der Waals surface area contributed by atoms with Gasteiger partial charge in [-0.3, -0.25) is 9.69 Å². The van der Waals surface area contributed by atoms with Crippen molar-refractivity contribution in [3.63, 3.8) is 0 Å². The fourth-order valence-electron chi connectivity index (χ4n) is 3.80. The molecular formula is C25H15Cl2FN2OS2. The topological polar surface area (TPSA) is 25.2 Å². The fraction of sp³-hybridized carbons (Fsp3) is 0.0400. The Balaban J connectivity index is 1.54. The number of fused-ring (bicyclic) bond motifs is 1. The molecule has 1 aliphatic heterocycles. The molecular weight excluding hydrogens is 498 g/mol. The number of aromatic nitrogens is 1. The van der Waals surface area contributed by atoms with Gasteiger partial charge in [0.15, 0.2) is 4.32 Å². The third-order valence-corrected chi connectivity index (χ3v) is 7.39. The summed E-state index contributed by atoms with van der Waals surface area (Å²) in [6, 6.07) is 19.1. The van der Waals surface area contributed by atoms with Crippen molar-refractivity contribution in [1.29, 1.82) is 0 Å². The summed E-state index contributed by atoms with van der Waals surface area (Å²) in [5.41, 5.74) is 3.25. The first-order valence-electron chi connectivity index (χ1n) is 9.96. The molecule has 3 nitrogen and oxygen atoms in total. The number of halogens is 3. The number of para-hydroxylation sites is 1. The first-order valence-corrected chi connectivity index (χ1v) is 11.9. The molecule has 0 N–H and O–H groups in total. The number of rotatable bonds is 4. The van der Waals surface area contributed by atoms with Gasteiger partial charge in [-0.15, -0.1) is 0 Å². The predicted octanol–water partition coefficient (Wildman–Crippen LogP) is 7.54. The number of anilines is 1. The van der Waals surface area contributed by atoms with Crippen LogP contribution in [0.3, 0.4) is 0 Å². The number of carbonyl (C=O) groups is 1. The second kappa shape index (κ2) is 8.95. The number of thioether (sulfide) groups is 1. The van der Waals surface area contributed by atoms with E-state index >= 15 is 0 Å². The van der Waals surface area contributed by atoms with E-state index in [1.54, 1.807) is 12.1 Å². The second-order valence-electron chi connectivity index (χ2n) is 7.42. The molecule has 1 fully saturated rings. The van der Waals surface area contributed by atoms with Gasteiger partial charge in [0.1, 0.15) is 5.82 Å². The minimum Gasteiger partial charge on any atom is -0.342 e. The van der Waals surface area contributed by atoms with Crippen molar-refractivity contribution in [2.24, 2.45) is 0 Å². The van der Waals surface area contributed by atoms with Crippen LogP contribution in [0.5, 0.6) is 0 Å². The average molecular weight is 513 g/mol. The molecule has 0 unspecified atom stereocenters. The Hall–Kier alpha value is -2.64. The van der Waals surface area contributed by atoms with Gasteiger partial charge in [0, 0.05) is 38.3 Å². The van der Waals surface area contributed by atoms with Crippen LogP contribution in [0, 0.1) is 5.82 Å². The highest BCUT2D eigenvalue weighted by Crippen LogP contribution is 2.37. The molecule has 5 rings (SSSR count). The number of benzene rings is 3. The highest BCUT2D eigenvalue weighted by Gasteiger charge is 2.33. The Morgan fingerprint density at radius 1 is 0.970 bits per heavy atom. The third-order valence-electron chi connectivity index (χ3n) is 5.37. The molecule has 1 aromatic heterocycles. The Kier molecular flexibility index (Phi) is 6.01. The zero-order valence-corrected chi connectivity index (χ0v) is 20.1. The third kappa shape index (κ3) is 4.20. The van der Waals surface area contributed by atoms with Crippen molar-refractivity contribution < 1.29 is 9.18 Å². The zero-order chi connectivity index (χ0) is 23.1. The summed E-state index contributed by atoms with van der Waals surface area (Å²) in [5.74, 6) is -0.603. The summed E-state index contributed by atoms with van der Waals surface area (Å²) >= 11 is 19.5. The first-order chi connectivity index (χ1) is 15.9. The lowest BCUT2D eigenvalue weighted by atomic mass is 10.1. The quantitative estimate of drug-likeness (QED) is 0.208. The number of amides is 1. The summed E-state index contributed by atoms with van der Waals surface area (Å²) in [4.78, 5) is 15.1. The van der Waals surface area contributed by atoms with Gasteiger partial charge in [0.25, 0.3) is 5.91 Å². The smallest absolute Gasteiger partial charge is 0.270 e. The molecule has 0 radical (unpaired) electrons. The van der Waals surface area contributed by atoms with E-state index in [4.69, 9.17) is 35.4 Å². The molecule has 0 aliphatic carbocycles. The molecule has 4 aromatic rings. The van der Waals surface area contributed by atoms with Gasteiger partial charge in [-0.05, 0) is 48.5 Å². The van der Waals surface area contributed by atoms with Crippen LogP contribution in [0.15, 0.2) is 77.8 Å². The fourth-order valence-corrected chi connectivity index (χ4v) is 5.60. The summed E-state index contributed by atoms with van der Waals surface area (Å²) in [6.07, 6.45) is 3.82. The maximum atomic E-state index is 13.3. The standard InChI is InChI=1S/C25H15Cl2FN2OS2/c26-20-5-3-6-21(27)19(20)14-29-13-15(18-4-1-2-7-22(18)29)12-23-24(31)30(25(32)33-23)17-10-8-16(28)9-11-17/h1-13H,14H2/b23-12+. The highest BCUT2D eigenvalue weighted by molar-refractivity contribution is 8.27. The number of nitrogens with zero attached hydrogens (tertiary/aromatic N) is 2. The van der Waals surface area contributed by atoms with Gasteiger partial charge in [-0.25, -0.2) is 4.39 Å². The van der Waals surface area contributed by atoms with Gasteiger partial charge in [0.2, 0.25) is 0 Å². The van der Waals surface area contributed by atoms with Gasteiger partial charge in [-0.1, -0.05) is 71.4 Å². The van der Waals surface area contributed by atoms with E-state index in [1.165, 1.54) is 28.8 Å². The Morgan fingerprint density at radius 2 is 1.67 bits per heavy atom. The SMILES string of the molecule is O=C1/C(=C\c2cn(Cc3c(Cl)cccc3Cl)c3ccccc23)SC(=S)N1c1ccc(F)cc1. The van der Waals surface area contributed by atoms with Crippen LogP contribution in [0.25, 0.3) is 17.0 Å². The number of thiocarbonyl (C=S) groups is 1. The van der Waals surface area contributed by atoms with E-state index in [-0.39, 0.29) is 11.7 Å². The molecule has 164 valence electrons. The van der Waals surface area contributed by atoms with Gasteiger partial charge in [-0.2, -0.15) is 0 Å². The van der Waals surface area contributed by atoms with Gasteiger partial charge >= 0.3 is 0 Å². The van der Waals surface area contributed by atoms with Crippen molar-refractivity contribution in [2.75, 3.05) is 4.90 Å². The Morgan fingerprint density at radius 3 is 2.39 bits per heavy atom. The maximum absolute atomic E-state index is 13.3. The van der Waals surface area contributed by atoms with Crippen LogP contribution in [0.2, 0.25) is 10.0 Å². The molecule has 8 heteroatoms. The molecule has 0 atom stereocenters. The van der Waals surface area contributed by atoms with Crippen LogP contribution in [-0.4, -0.2) is 14.8 Å². The normalized spacial score (nSPS) is 15.2. The summed E-state index contributed by atoms with van der Waals surface area (Å²) in [6.45, 7) is 0.489. The number of hydrogen-bond donors (Lipinski definition) is 0. The van der Waals surface area contributed by atoms with E-state index in [1.807, 2.05) is 54.7 Å². The minimum absolute atomic E-state index is 0.234. The molecule has 33 heavy (non-hydrogen) atoms. The molecule has 0 saturated carbocycles. The molecule has 0 spiro atoms. The van der Waals surface area contributed by atoms with Crippen molar-refractivity contribution in [3.8, 4) is 0 Å². The lowest BCUT2D eigenvalue weighted by molar-refractivity contribution is -0.113. The first kappa shape index (κ1) is 22.2. The summed E-state index contributed by atoms with van der Waals surface area (Å²) in [5, 5.41) is 2.19.